The molecule has 0 N–H and O–H groups in total. The zero-order valence-corrected chi connectivity index (χ0v) is 11.5. The predicted molar refractivity (Wildman–Crippen MR) is 74.8 cm³/mol. The Balaban J connectivity index is 2.22. The van der Waals surface area contributed by atoms with Gasteiger partial charge in [0.1, 0.15) is 0 Å². The second-order valence-electron chi connectivity index (χ2n) is 4.94. The summed E-state index contributed by atoms with van der Waals surface area (Å²) >= 11 is 0. The van der Waals surface area contributed by atoms with Gasteiger partial charge in [0.2, 0.25) is 0 Å². The first-order valence-electron chi connectivity index (χ1n) is 6.68. The van der Waals surface area contributed by atoms with Crippen molar-refractivity contribution in [2.75, 3.05) is 0 Å². The minimum absolute atomic E-state index is 0.0863. The molecule has 2 rings (SSSR count). The lowest BCUT2D eigenvalue weighted by molar-refractivity contribution is -0.137. The van der Waals surface area contributed by atoms with Crippen LogP contribution in [0.15, 0.2) is 48.5 Å². The van der Waals surface area contributed by atoms with Crippen molar-refractivity contribution in [3.63, 3.8) is 0 Å². The van der Waals surface area contributed by atoms with E-state index in [-0.39, 0.29) is 5.92 Å². The molecule has 0 aliphatic heterocycles. The Hall–Kier alpha value is -1.77. The predicted octanol–water partition coefficient (Wildman–Crippen LogP) is 5.42. The Morgan fingerprint density at radius 1 is 0.850 bits per heavy atom. The quantitative estimate of drug-likeness (QED) is 0.703. The van der Waals surface area contributed by atoms with E-state index < -0.39 is 11.7 Å². The van der Waals surface area contributed by atoms with Crippen LogP contribution in [0.1, 0.15) is 42.0 Å². The maximum Gasteiger partial charge on any atom is 0.416 e. The molecule has 0 bridgehead atoms. The van der Waals surface area contributed by atoms with E-state index in [0.717, 1.165) is 29.7 Å². The highest BCUT2D eigenvalue weighted by molar-refractivity contribution is 5.35. The summed E-state index contributed by atoms with van der Waals surface area (Å²) in [7, 11) is 0. The molecule has 0 fully saturated rings. The molecule has 0 heterocycles. The number of benzene rings is 2. The summed E-state index contributed by atoms with van der Waals surface area (Å²) in [4.78, 5) is 0. The normalized spacial score (nSPS) is 13.2. The molecule has 0 saturated heterocycles. The molecule has 1 atom stereocenters. The third-order valence-electron chi connectivity index (χ3n) is 3.63. The van der Waals surface area contributed by atoms with E-state index in [1.807, 2.05) is 19.1 Å². The van der Waals surface area contributed by atoms with E-state index >= 15 is 0 Å². The summed E-state index contributed by atoms with van der Waals surface area (Å²) in [5, 5.41) is 0. The molecule has 0 amide bonds. The molecule has 2 aromatic rings. The lowest BCUT2D eigenvalue weighted by Crippen LogP contribution is -2.05. The van der Waals surface area contributed by atoms with Crippen molar-refractivity contribution in [1.29, 1.82) is 0 Å². The Morgan fingerprint density at radius 3 is 1.70 bits per heavy atom. The van der Waals surface area contributed by atoms with Crippen molar-refractivity contribution < 1.29 is 13.2 Å². The standard InChI is InChI=1S/C17H17F3/c1-3-13-4-6-14(7-5-13)12(2)15-8-10-16(11-9-15)17(18,19)20/h4-12H,3H2,1-2H3. The van der Waals surface area contributed by atoms with Crippen LogP contribution in [0.2, 0.25) is 0 Å². The van der Waals surface area contributed by atoms with Gasteiger partial charge < -0.3 is 0 Å². The molecular formula is C17H17F3. The maximum atomic E-state index is 12.5. The highest BCUT2D eigenvalue weighted by Crippen LogP contribution is 2.31. The fraction of sp³-hybridized carbons (Fsp3) is 0.294. The number of aryl methyl sites for hydroxylation is 1. The molecular weight excluding hydrogens is 261 g/mol. The molecule has 0 radical (unpaired) electrons. The zero-order valence-electron chi connectivity index (χ0n) is 11.5. The highest BCUT2D eigenvalue weighted by atomic mass is 19.4. The summed E-state index contributed by atoms with van der Waals surface area (Å²) < 4.78 is 37.6. The maximum absolute atomic E-state index is 12.5. The summed E-state index contributed by atoms with van der Waals surface area (Å²) in [6, 6.07) is 13.6. The monoisotopic (exact) mass is 278 g/mol. The van der Waals surface area contributed by atoms with Crippen LogP contribution in [-0.2, 0) is 12.6 Å². The van der Waals surface area contributed by atoms with Crippen LogP contribution in [0, 0.1) is 0 Å². The number of hydrogen-bond donors (Lipinski definition) is 0. The number of rotatable bonds is 3. The van der Waals surface area contributed by atoms with Gasteiger partial charge in [-0.1, -0.05) is 50.2 Å². The average Bonchev–Trinajstić information content (AvgIpc) is 2.46. The Labute approximate surface area is 117 Å². The molecule has 0 nitrogen and oxygen atoms in total. The lowest BCUT2D eigenvalue weighted by atomic mass is 9.92. The summed E-state index contributed by atoms with van der Waals surface area (Å²) in [6.07, 6.45) is -3.29. The number of alkyl halides is 3. The second-order valence-corrected chi connectivity index (χ2v) is 4.94. The van der Waals surface area contributed by atoms with E-state index in [9.17, 15) is 13.2 Å². The fourth-order valence-corrected chi connectivity index (χ4v) is 2.20. The van der Waals surface area contributed by atoms with E-state index in [4.69, 9.17) is 0 Å². The first-order valence-corrected chi connectivity index (χ1v) is 6.68. The SMILES string of the molecule is CCc1ccc(C(C)c2ccc(C(F)(F)F)cc2)cc1. The van der Waals surface area contributed by atoms with Gasteiger partial charge in [0.15, 0.2) is 0 Å². The summed E-state index contributed by atoms with van der Waals surface area (Å²) in [5.41, 5.74) is 2.66. The summed E-state index contributed by atoms with van der Waals surface area (Å²) in [5.74, 6) is 0.0863. The van der Waals surface area contributed by atoms with E-state index in [1.54, 1.807) is 12.1 Å². The van der Waals surface area contributed by atoms with Gasteiger partial charge in [0, 0.05) is 5.92 Å². The average molecular weight is 278 g/mol. The third kappa shape index (κ3) is 3.21. The van der Waals surface area contributed by atoms with Crippen LogP contribution in [0.25, 0.3) is 0 Å². The van der Waals surface area contributed by atoms with Gasteiger partial charge in [-0.15, -0.1) is 0 Å². The van der Waals surface area contributed by atoms with Gasteiger partial charge in [-0.3, -0.25) is 0 Å². The molecule has 1 unspecified atom stereocenters. The van der Waals surface area contributed by atoms with Crippen LogP contribution >= 0.6 is 0 Å². The van der Waals surface area contributed by atoms with E-state index in [0.29, 0.717) is 0 Å². The van der Waals surface area contributed by atoms with Gasteiger partial charge in [-0.25, -0.2) is 0 Å². The van der Waals surface area contributed by atoms with Crippen molar-refractivity contribution in [1.82, 2.24) is 0 Å². The minimum atomic E-state index is -4.27. The number of halogens is 3. The molecule has 2 aromatic carbocycles. The molecule has 20 heavy (non-hydrogen) atoms. The molecule has 0 aliphatic carbocycles. The van der Waals surface area contributed by atoms with Gasteiger partial charge in [-0.2, -0.15) is 13.2 Å². The van der Waals surface area contributed by atoms with Gasteiger partial charge in [0.25, 0.3) is 0 Å². The first kappa shape index (κ1) is 14.6. The Kier molecular flexibility index (Phi) is 4.17. The summed E-state index contributed by atoms with van der Waals surface area (Å²) in [6.45, 7) is 4.10. The van der Waals surface area contributed by atoms with Crippen molar-refractivity contribution in [3.8, 4) is 0 Å². The van der Waals surface area contributed by atoms with Crippen LogP contribution in [0.3, 0.4) is 0 Å². The first-order chi connectivity index (χ1) is 9.41. The van der Waals surface area contributed by atoms with Crippen molar-refractivity contribution >= 4 is 0 Å². The van der Waals surface area contributed by atoms with Gasteiger partial charge in [-0.05, 0) is 35.2 Å². The molecule has 3 heteroatoms. The molecule has 0 spiro atoms. The molecule has 0 aliphatic rings. The van der Waals surface area contributed by atoms with Crippen molar-refractivity contribution in [2.24, 2.45) is 0 Å². The third-order valence-corrected chi connectivity index (χ3v) is 3.63. The van der Waals surface area contributed by atoms with Gasteiger partial charge in [0.05, 0.1) is 5.56 Å². The Morgan fingerprint density at radius 2 is 1.30 bits per heavy atom. The fourth-order valence-electron chi connectivity index (χ4n) is 2.20. The molecule has 106 valence electrons. The van der Waals surface area contributed by atoms with Crippen molar-refractivity contribution in [3.05, 3.63) is 70.8 Å². The largest absolute Gasteiger partial charge is 0.416 e. The topological polar surface area (TPSA) is 0 Å². The number of hydrogen-bond acceptors (Lipinski definition) is 0. The van der Waals surface area contributed by atoms with Crippen molar-refractivity contribution in [2.45, 2.75) is 32.4 Å². The van der Waals surface area contributed by atoms with E-state index in [1.165, 1.54) is 5.56 Å². The highest BCUT2D eigenvalue weighted by Gasteiger charge is 2.30. The van der Waals surface area contributed by atoms with Crippen LogP contribution in [-0.4, -0.2) is 0 Å². The van der Waals surface area contributed by atoms with Gasteiger partial charge >= 0.3 is 6.18 Å². The minimum Gasteiger partial charge on any atom is -0.166 e. The second kappa shape index (κ2) is 5.70. The van der Waals surface area contributed by atoms with E-state index in [2.05, 4.69) is 19.1 Å². The molecule has 0 saturated carbocycles. The van der Waals surface area contributed by atoms with Crippen LogP contribution < -0.4 is 0 Å². The van der Waals surface area contributed by atoms with Crippen LogP contribution in [0.5, 0.6) is 0 Å². The lowest BCUT2D eigenvalue weighted by Gasteiger charge is -2.14. The van der Waals surface area contributed by atoms with Crippen LogP contribution in [0.4, 0.5) is 13.2 Å². The zero-order chi connectivity index (χ0) is 14.8. The Bertz CT molecular complexity index is 550. The molecule has 0 aromatic heterocycles. The smallest absolute Gasteiger partial charge is 0.166 e.